The van der Waals surface area contributed by atoms with E-state index in [2.05, 4.69) is 33.8 Å². The fourth-order valence-electron chi connectivity index (χ4n) is 4.16. The van der Waals surface area contributed by atoms with Gasteiger partial charge in [-0.3, -0.25) is 4.79 Å². The van der Waals surface area contributed by atoms with E-state index in [0.29, 0.717) is 5.92 Å². The highest BCUT2D eigenvalue weighted by atomic mass is 16.4. The first-order valence-electron chi connectivity index (χ1n) is 9.61. The maximum absolute atomic E-state index is 11.3. The number of imidazole rings is 1. The van der Waals surface area contributed by atoms with E-state index in [9.17, 15) is 9.90 Å². The number of nitrogens with zero attached hydrogens (tertiary/aromatic N) is 2. The van der Waals surface area contributed by atoms with Crippen LogP contribution in [0.4, 0.5) is 0 Å². The van der Waals surface area contributed by atoms with Crippen molar-refractivity contribution >= 4 is 5.97 Å². The maximum Gasteiger partial charge on any atom is 0.307 e. The zero-order valence-electron chi connectivity index (χ0n) is 15.3. The third-order valence-corrected chi connectivity index (χ3v) is 5.45. The summed E-state index contributed by atoms with van der Waals surface area (Å²) in [6.07, 6.45) is 8.74. The Balaban J connectivity index is 1.64. The number of carboxylic acids is 1. The molecule has 0 amide bonds. The van der Waals surface area contributed by atoms with E-state index in [1.165, 1.54) is 24.0 Å². The zero-order valence-corrected chi connectivity index (χ0v) is 15.3. The van der Waals surface area contributed by atoms with Gasteiger partial charge in [0.15, 0.2) is 0 Å². The smallest absolute Gasteiger partial charge is 0.307 e. The summed E-state index contributed by atoms with van der Waals surface area (Å²) >= 11 is 0. The quantitative estimate of drug-likeness (QED) is 0.681. The lowest BCUT2D eigenvalue weighted by molar-refractivity contribution is -0.136. The molecule has 4 nitrogen and oxygen atoms in total. The van der Waals surface area contributed by atoms with Crippen LogP contribution < -0.4 is 0 Å². The second-order valence-corrected chi connectivity index (χ2v) is 7.33. The highest BCUT2D eigenvalue weighted by Gasteiger charge is 2.21. The van der Waals surface area contributed by atoms with Gasteiger partial charge in [0.2, 0.25) is 0 Å². The fraction of sp³-hybridized carbons (Fsp3) is 0.304. The largest absolute Gasteiger partial charge is 0.481 e. The van der Waals surface area contributed by atoms with Gasteiger partial charge in [-0.1, -0.05) is 61.4 Å². The molecule has 1 aliphatic carbocycles. The Hall–Kier alpha value is -2.88. The molecule has 2 aromatic carbocycles. The van der Waals surface area contributed by atoms with Gasteiger partial charge in [0.1, 0.15) is 5.82 Å². The predicted molar refractivity (Wildman–Crippen MR) is 106 cm³/mol. The SMILES string of the molecule is O=C(O)Cc1ccc(Cn2ccnc2-c2ccccc2)cc1C1CCCC1. The van der Waals surface area contributed by atoms with E-state index in [0.717, 1.165) is 36.3 Å². The third-order valence-electron chi connectivity index (χ3n) is 5.45. The molecule has 0 spiro atoms. The zero-order chi connectivity index (χ0) is 18.6. The normalized spacial score (nSPS) is 14.5. The van der Waals surface area contributed by atoms with Gasteiger partial charge in [0.25, 0.3) is 0 Å². The second kappa shape index (κ2) is 7.78. The van der Waals surface area contributed by atoms with Crippen molar-refractivity contribution in [2.24, 2.45) is 0 Å². The number of carbonyl (C=O) groups is 1. The molecule has 0 aliphatic heterocycles. The summed E-state index contributed by atoms with van der Waals surface area (Å²) in [5.41, 5.74) is 4.49. The molecule has 1 aromatic heterocycles. The lowest BCUT2D eigenvalue weighted by Gasteiger charge is -2.17. The Morgan fingerprint density at radius 1 is 1.11 bits per heavy atom. The maximum atomic E-state index is 11.3. The summed E-state index contributed by atoms with van der Waals surface area (Å²) in [6, 6.07) is 16.5. The molecular weight excluding hydrogens is 336 g/mol. The molecule has 1 heterocycles. The van der Waals surface area contributed by atoms with Crippen LogP contribution in [0.15, 0.2) is 60.9 Å². The Morgan fingerprint density at radius 2 is 1.89 bits per heavy atom. The molecule has 1 fully saturated rings. The third kappa shape index (κ3) is 3.95. The van der Waals surface area contributed by atoms with Crippen LogP contribution in [0, 0.1) is 0 Å². The minimum absolute atomic E-state index is 0.104. The highest BCUT2D eigenvalue weighted by molar-refractivity contribution is 5.71. The number of aromatic nitrogens is 2. The Morgan fingerprint density at radius 3 is 2.63 bits per heavy atom. The molecule has 4 rings (SSSR count). The highest BCUT2D eigenvalue weighted by Crippen LogP contribution is 2.36. The molecule has 1 N–H and O–H groups in total. The van der Waals surface area contributed by atoms with Crippen molar-refractivity contribution in [1.29, 1.82) is 0 Å². The van der Waals surface area contributed by atoms with Crippen LogP contribution in [0.3, 0.4) is 0 Å². The van der Waals surface area contributed by atoms with Crippen LogP contribution >= 0.6 is 0 Å². The van der Waals surface area contributed by atoms with Gasteiger partial charge in [-0.05, 0) is 35.4 Å². The number of hydrogen-bond acceptors (Lipinski definition) is 2. The average Bonchev–Trinajstić information content (AvgIpc) is 3.35. The van der Waals surface area contributed by atoms with Gasteiger partial charge in [-0.15, -0.1) is 0 Å². The fourth-order valence-corrected chi connectivity index (χ4v) is 4.16. The van der Waals surface area contributed by atoms with Crippen molar-refractivity contribution in [3.63, 3.8) is 0 Å². The summed E-state index contributed by atoms with van der Waals surface area (Å²) in [6.45, 7) is 0.733. The van der Waals surface area contributed by atoms with Gasteiger partial charge < -0.3 is 9.67 Å². The van der Waals surface area contributed by atoms with Crippen molar-refractivity contribution in [1.82, 2.24) is 9.55 Å². The molecule has 1 aliphatic rings. The number of rotatable bonds is 6. The summed E-state index contributed by atoms with van der Waals surface area (Å²) in [4.78, 5) is 15.8. The van der Waals surface area contributed by atoms with Crippen molar-refractivity contribution < 1.29 is 9.90 Å². The minimum Gasteiger partial charge on any atom is -0.481 e. The van der Waals surface area contributed by atoms with Crippen LogP contribution in [0.2, 0.25) is 0 Å². The van der Waals surface area contributed by atoms with E-state index >= 15 is 0 Å². The molecule has 4 heteroatoms. The summed E-state index contributed by atoms with van der Waals surface area (Å²) in [5.74, 6) is 0.686. The molecule has 0 saturated heterocycles. The van der Waals surface area contributed by atoms with Crippen LogP contribution in [0.5, 0.6) is 0 Å². The van der Waals surface area contributed by atoms with Crippen LogP contribution in [0.25, 0.3) is 11.4 Å². The molecule has 3 aromatic rings. The van der Waals surface area contributed by atoms with E-state index < -0.39 is 5.97 Å². The second-order valence-electron chi connectivity index (χ2n) is 7.33. The molecular formula is C23H24N2O2. The molecule has 0 atom stereocenters. The average molecular weight is 360 g/mol. The molecule has 0 bridgehead atoms. The van der Waals surface area contributed by atoms with E-state index in [1.54, 1.807) is 0 Å². The van der Waals surface area contributed by atoms with E-state index in [4.69, 9.17) is 0 Å². The number of aliphatic carboxylic acids is 1. The summed E-state index contributed by atoms with van der Waals surface area (Å²) in [5, 5.41) is 9.26. The first-order chi connectivity index (χ1) is 13.2. The van der Waals surface area contributed by atoms with Crippen molar-refractivity contribution in [2.75, 3.05) is 0 Å². The van der Waals surface area contributed by atoms with Gasteiger partial charge in [0, 0.05) is 24.5 Å². The summed E-state index contributed by atoms with van der Waals surface area (Å²) < 4.78 is 2.15. The van der Waals surface area contributed by atoms with Crippen molar-refractivity contribution in [2.45, 2.75) is 44.6 Å². The molecule has 138 valence electrons. The monoisotopic (exact) mass is 360 g/mol. The van der Waals surface area contributed by atoms with Gasteiger partial charge in [-0.2, -0.15) is 0 Å². The molecule has 0 unspecified atom stereocenters. The Labute approximate surface area is 159 Å². The van der Waals surface area contributed by atoms with Crippen molar-refractivity contribution in [3.05, 3.63) is 77.6 Å². The van der Waals surface area contributed by atoms with Gasteiger partial charge >= 0.3 is 5.97 Å². The number of carboxylic acid groups (broad SMARTS) is 1. The van der Waals surface area contributed by atoms with Crippen LogP contribution in [-0.2, 0) is 17.8 Å². The van der Waals surface area contributed by atoms with Crippen molar-refractivity contribution in [3.8, 4) is 11.4 Å². The molecule has 27 heavy (non-hydrogen) atoms. The minimum atomic E-state index is -0.761. The lowest BCUT2D eigenvalue weighted by atomic mass is 9.90. The predicted octanol–water partition coefficient (Wildman–Crippen LogP) is 4.88. The standard InChI is InChI=1S/C23H24N2O2/c26-22(27)15-20-11-10-17(14-21(20)18-6-4-5-7-18)16-25-13-12-24-23(25)19-8-2-1-3-9-19/h1-3,8-14,18H,4-7,15-16H2,(H,26,27). The topological polar surface area (TPSA) is 55.1 Å². The van der Waals surface area contributed by atoms with Crippen LogP contribution in [-0.4, -0.2) is 20.6 Å². The van der Waals surface area contributed by atoms with Gasteiger partial charge in [-0.25, -0.2) is 4.98 Å². The van der Waals surface area contributed by atoms with Gasteiger partial charge in [0.05, 0.1) is 6.42 Å². The first-order valence-corrected chi connectivity index (χ1v) is 9.61. The van der Waals surface area contributed by atoms with E-state index in [-0.39, 0.29) is 6.42 Å². The Bertz CT molecular complexity index is 925. The lowest BCUT2D eigenvalue weighted by Crippen LogP contribution is -2.08. The number of benzene rings is 2. The molecule has 1 saturated carbocycles. The number of hydrogen-bond donors (Lipinski definition) is 1. The summed E-state index contributed by atoms with van der Waals surface area (Å²) in [7, 11) is 0. The van der Waals surface area contributed by atoms with E-state index in [1.807, 2.05) is 36.7 Å². The van der Waals surface area contributed by atoms with Crippen LogP contribution in [0.1, 0.15) is 48.3 Å². The first kappa shape index (κ1) is 17.5. The Kier molecular flexibility index (Phi) is 5.05. The molecule has 0 radical (unpaired) electrons.